The van der Waals surface area contributed by atoms with Crippen molar-refractivity contribution in [2.45, 2.75) is 0 Å². The molecule has 2 aromatic heterocycles. The minimum atomic E-state index is 0.711. The first-order valence-corrected chi connectivity index (χ1v) is 14.9. The summed E-state index contributed by atoms with van der Waals surface area (Å²) < 4.78 is 5.04. The molecular weight excluding hydrogens is 523 g/mol. The lowest BCUT2D eigenvalue weighted by Gasteiger charge is -2.17. The fraction of sp³-hybridized carbons (Fsp3) is 0. The van der Waals surface area contributed by atoms with Crippen LogP contribution in [0.15, 0.2) is 127 Å². The van der Waals surface area contributed by atoms with Crippen molar-refractivity contribution in [1.29, 1.82) is 5.26 Å². The zero-order chi connectivity index (χ0) is 26.6. The third kappa shape index (κ3) is 3.44. The topological polar surface area (TPSA) is 23.8 Å². The van der Waals surface area contributed by atoms with E-state index in [1.54, 1.807) is 11.3 Å². The van der Waals surface area contributed by atoms with Gasteiger partial charge in [-0.1, -0.05) is 103 Å². The van der Waals surface area contributed by atoms with E-state index in [0.29, 0.717) is 5.56 Å². The zero-order valence-electron chi connectivity index (χ0n) is 21.4. The molecule has 0 aliphatic rings. The molecule has 0 N–H and O–H groups in total. The highest BCUT2D eigenvalue weighted by Crippen LogP contribution is 2.47. The highest BCUT2D eigenvalue weighted by molar-refractivity contribution is 7.26. The molecule has 0 radical (unpaired) electrons. The Morgan fingerprint density at radius 3 is 1.52 bits per heavy atom. The van der Waals surface area contributed by atoms with Gasteiger partial charge in [0.2, 0.25) is 0 Å². The molecule has 8 aromatic rings. The first-order valence-electron chi connectivity index (χ1n) is 13.3. The molecule has 0 saturated heterocycles. The van der Waals surface area contributed by atoms with Gasteiger partial charge in [0, 0.05) is 51.5 Å². The van der Waals surface area contributed by atoms with E-state index in [9.17, 15) is 5.26 Å². The molecule has 2 heterocycles. The van der Waals surface area contributed by atoms with Crippen LogP contribution in [0.25, 0.3) is 73.7 Å². The number of hydrogen-bond donors (Lipinski definition) is 0. The molecule has 0 atom stereocenters. The molecule has 0 saturated carbocycles. The van der Waals surface area contributed by atoms with Gasteiger partial charge in [-0.15, -0.1) is 22.7 Å². The third-order valence-electron chi connectivity index (χ3n) is 7.77. The highest BCUT2D eigenvalue weighted by Gasteiger charge is 2.22. The van der Waals surface area contributed by atoms with Gasteiger partial charge < -0.3 is 0 Å². The first kappa shape index (κ1) is 23.2. The molecule has 0 unspecified atom stereocenters. The molecule has 0 fully saturated rings. The van der Waals surface area contributed by atoms with Crippen LogP contribution in [0.2, 0.25) is 0 Å². The smallest absolute Gasteiger partial charge is 0.100 e. The van der Waals surface area contributed by atoms with Gasteiger partial charge in [-0.2, -0.15) is 5.26 Å². The van der Waals surface area contributed by atoms with Gasteiger partial charge >= 0.3 is 0 Å². The van der Waals surface area contributed by atoms with Crippen LogP contribution in [0.3, 0.4) is 0 Å². The molecule has 6 aromatic carbocycles. The van der Waals surface area contributed by atoms with Crippen molar-refractivity contribution in [3.05, 3.63) is 133 Å². The fourth-order valence-corrected chi connectivity index (χ4v) is 8.33. The summed E-state index contributed by atoms with van der Waals surface area (Å²) in [5.41, 5.74) is 7.08. The van der Waals surface area contributed by atoms with Gasteiger partial charge in [-0.25, -0.2) is 0 Å². The zero-order valence-corrected chi connectivity index (χ0v) is 23.0. The van der Waals surface area contributed by atoms with Crippen molar-refractivity contribution in [2.75, 3.05) is 0 Å². The Balaban J connectivity index is 1.49. The summed E-state index contributed by atoms with van der Waals surface area (Å²) in [6.45, 7) is 0. The quantitative estimate of drug-likeness (QED) is 0.217. The molecule has 0 spiro atoms. The van der Waals surface area contributed by atoms with Gasteiger partial charge in [-0.3, -0.25) is 0 Å². The summed E-state index contributed by atoms with van der Waals surface area (Å²) in [4.78, 5) is 0. The van der Waals surface area contributed by atoms with Gasteiger partial charge in [0.1, 0.15) is 6.07 Å². The van der Waals surface area contributed by atoms with Crippen LogP contribution >= 0.6 is 22.7 Å². The van der Waals surface area contributed by atoms with Crippen LogP contribution in [0.4, 0.5) is 0 Å². The van der Waals surface area contributed by atoms with Crippen LogP contribution in [-0.4, -0.2) is 0 Å². The summed E-state index contributed by atoms with van der Waals surface area (Å²) in [5, 5.41) is 15.8. The van der Waals surface area contributed by atoms with E-state index in [0.717, 1.165) is 33.4 Å². The van der Waals surface area contributed by atoms with Crippen molar-refractivity contribution < 1.29 is 0 Å². The van der Waals surface area contributed by atoms with Crippen molar-refractivity contribution in [2.24, 2.45) is 0 Å². The van der Waals surface area contributed by atoms with E-state index in [2.05, 4.69) is 127 Å². The lowest BCUT2D eigenvalue weighted by molar-refractivity contribution is 1.47. The Bertz CT molecular complexity index is 2280. The molecule has 40 heavy (non-hydrogen) atoms. The van der Waals surface area contributed by atoms with Crippen LogP contribution in [0.5, 0.6) is 0 Å². The van der Waals surface area contributed by atoms with Crippen LogP contribution in [0.1, 0.15) is 5.56 Å². The van der Waals surface area contributed by atoms with E-state index in [4.69, 9.17) is 0 Å². The molecule has 3 heteroatoms. The van der Waals surface area contributed by atoms with Crippen molar-refractivity contribution in [3.8, 4) is 39.4 Å². The molecule has 1 nitrogen and oxygen atoms in total. The number of nitriles is 1. The number of nitrogens with zero attached hydrogens (tertiary/aromatic N) is 1. The molecule has 0 aliphatic carbocycles. The second-order valence-electron chi connectivity index (χ2n) is 9.94. The molecule has 0 aliphatic heterocycles. The SMILES string of the molecule is N#Cc1c(-c2cccc3sc4ccccc4c23)ccc(-c2cccc3sc4ccccc4c23)c1-c1ccccc1. The lowest BCUT2D eigenvalue weighted by atomic mass is 9.84. The van der Waals surface area contributed by atoms with Crippen LogP contribution in [-0.2, 0) is 0 Å². The monoisotopic (exact) mass is 543 g/mol. The molecule has 186 valence electrons. The minimum Gasteiger partial charge on any atom is -0.192 e. The Morgan fingerprint density at radius 2 is 0.925 bits per heavy atom. The summed E-state index contributed by atoms with van der Waals surface area (Å²) >= 11 is 3.63. The van der Waals surface area contributed by atoms with E-state index >= 15 is 0 Å². The normalized spacial score (nSPS) is 11.5. The lowest BCUT2D eigenvalue weighted by Crippen LogP contribution is -1.95. The second-order valence-corrected chi connectivity index (χ2v) is 12.1. The molecule has 0 amide bonds. The molecule has 8 rings (SSSR count). The highest BCUT2D eigenvalue weighted by atomic mass is 32.1. The van der Waals surface area contributed by atoms with Gasteiger partial charge in [0.15, 0.2) is 0 Å². The fourth-order valence-electron chi connectivity index (χ4n) is 6.07. The van der Waals surface area contributed by atoms with E-state index < -0.39 is 0 Å². The van der Waals surface area contributed by atoms with Crippen molar-refractivity contribution in [1.82, 2.24) is 0 Å². The Labute approximate surface area is 239 Å². The minimum absolute atomic E-state index is 0.711. The summed E-state index contributed by atoms with van der Waals surface area (Å²) in [7, 11) is 0. The third-order valence-corrected chi connectivity index (χ3v) is 10.0. The maximum atomic E-state index is 10.8. The van der Waals surface area contributed by atoms with Gasteiger partial charge in [0.05, 0.1) is 5.56 Å². The average molecular weight is 544 g/mol. The summed E-state index contributed by atoms with van der Waals surface area (Å²) in [5.74, 6) is 0. The number of rotatable bonds is 3. The van der Waals surface area contributed by atoms with Crippen LogP contribution < -0.4 is 0 Å². The van der Waals surface area contributed by atoms with Crippen LogP contribution in [0, 0.1) is 11.3 Å². The predicted molar refractivity (Wildman–Crippen MR) is 173 cm³/mol. The Hall–Kier alpha value is -4.75. The molecular formula is C37H21NS2. The second kappa shape index (κ2) is 9.17. The van der Waals surface area contributed by atoms with E-state index in [-0.39, 0.29) is 0 Å². The summed E-state index contributed by atoms with van der Waals surface area (Å²) in [6.07, 6.45) is 0. The maximum absolute atomic E-state index is 10.8. The number of thiophene rings is 2. The average Bonchev–Trinajstić information content (AvgIpc) is 3.59. The number of hydrogen-bond acceptors (Lipinski definition) is 3. The van der Waals surface area contributed by atoms with Crippen molar-refractivity contribution in [3.63, 3.8) is 0 Å². The van der Waals surface area contributed by atoms with E-state index in [1.807, 2.05) is 17.4 Å². The standard InChI is InChI=1S/C37H21NS2/c38-22-30-24(25-14-8-18-33-36(25)28-12-4-6-16-31(28)39-33)20-21-27(35(30)23-10-2-1-3-11-23)26-15-9-19-34-37(26)29-13-5-7-17-32(29)40-34/h1-21H. The number of fused-ring (bicyclic) bond motifs is 6. The Kier molecular flexibility index (Phi) is 5.31. The Morgan fingerprint density at radius 1 is 0.425 bits per heavy atom. The first-order chi connectivity index (χ1) is 19.8. The maximum Gasteiger partial charge on any atom is 0.100 e. The summed E-state index contributed by atoms with van der Waals surface area (Å²) in [6, 6.07) is 47.6. The van der Waals surface area contributed by atoms with Gasteiger partial charge in [-0.05, 0) is 46.5 Å². The van der Waals surface area contributed by atoms with Gasteiger partial charge in [0.25, 0.3) is 0 Å². The van der Waals surface area contributed by atoms with E-state index in [1.165, 1.54) is 40.3 Å². The predicted octanol–water partition coefficient (Wildman–Crippen LogP) is 11.3. The molecule has 0 bridgehead atoms. The van der Waals surface area contributed by atoms with Crippen molar-refractivity contribution >= 4 is 63.0 Å². The number of benzene rings is 6. The largest absolute Gasteiger partial charge is 0.192 e.